The smallest absolute Gasteiger partial charge is 0.312 e. The Balaban J connectivity index is 1.96. The highest BCUT2D eigenvalue weighted by atomic mass is 16.5. The van der Waals surface area contributed by atoms with Gasteiger partial charge in [-0.25, -0.2) is 0 Å². The van der Waals surface area contributed by atoms with E-state index in [4.69, 9.17) is 4.74 Å². The molecule has 124 valence electrons. The van der Waals surface area contributed by atoms with Gasteiger partial charge in [0.2, 0.25) is 0 Å². The van der Waals surface area contributed by atoms with Crippen molar-refractivity contribution in [3.8, 4) is 0 Å². The van der Waals surface area contributed by atoms with E-state index in [1.165, 1.54) is 4.90 Å². The molecule has 6 heteroatoms. The Morgan fingerprint density at radius 2 is 1.82 bits per heavy atom. The van der Waals surface area contributed by atoms with Crippen LogP contribution in [0.2, 0.25) is 0 Å². The Morgan fingerprint density at radius 3 is 2.50 bits per heavy atom. The summed E-state index contributed by atoms with van der Waals surface area (Å²) in [5.41, 5.74) is 0. The Bertz CT molecular complexity index is 438. The third-order valence-electron chi connectivity index (χ3n) is 4.58. The number of rotatable bonds is 2. The van der Waals surface area contributed by atoms with Crippen molar-refractivity contribution >= 4 is 17.8 Å². The number of likely N-dealkylation sites (tertiary alicyclic amines) is 2. The highest BCUT2D eigenvalue weighted by molar-refractivity contribution is 6.35. The molecule has 0 aromatic rings. The van der Waals surface area contributed by atoms with Crippen LogP contribution in [-0.2, 0) is 19.1 Å². The second-order valence-electron chi connectivity index (χ2n) is 6.19. The summed E-state index contributed by atoms with van der Waals surface area (Å²) < 4.78 is 5.03. The van der Waals surface area contributed by atoms with Crippen molar-refractivity contribution in [2.24, 2.45) is 5.92 Å². The van der Waals surface area contributed by atoms with E-state index < -0.39 is 11.8 Å². The number of hydrogen-bond acceptors (Lipinski definition) is 4. The van der Waals surface area contributed by atoms with Crippen LogP contribution in [0.5, 0.6) is 0 Å². The minimum Gasteiger partial charge on any atom is -0.466 e. The van der Waals surface area contributed by atoms with E-state index in [9.17, 15) is 14.4 Å². The zero-order chi connectivity index (χ0) is 16.1. The van der Waals surface area contributed by atoms with Crippen LogP contribution in [0.25, 0.3) is 0 Å². The van der Waals surface area contributed by atoms with Gasteiger partial charge in [0.15, 0.2) is 0 Å². The Hall–Kier alpha value is -1.59. The topological polar surface area (TPSA) is 66.9 Å². The van der Waals surface area contributed by atoms with Crippen molar-refractivity contribution in [2.75, 3.05) is 26.2 Å². The quantitative estimate of drug-likeness (QED) is 0.567. The summed E-state index contributed by atoms with van der Waals surface area (Å²) in [5.74, 6) is -1.46. The second kappa shape index (κ2) is 7.61. The number of carbonyl (C=O) groups excluding carboxylic acids is 3. The van der Waals surface area contributed by atoms with Crippen LogP contribution in [0.4, 0.5) is 0 Å². The fraction of sp³-hybridized carbons (Fsp3) is 0.812. The summed E-state index contributed by atoms with van der Waals surface area (Å²) >= 11 is 0. The van der Waals surface area contributed by atoms with Gasteiger partial charge in [-0.15, -0.1) is 0 Å². The third-order valence-corrected chi connectivity index (χ3v) is 4.58. The first kappa shape index (κ1) is 16.8. The molecule has 2 unspecified atom stereocenters. The highest BCUT2D eigenvalue weighted by Gasteiger charge is 2.35. The van der Waals surface area contributed by atoms with Crippen molar-refractivity contribution in [1.82, 2.24) is 9.80 Å². The Labute approximate surface area is 131 Å². The Kier molecular flexibility index (Phi) is 5.80. The van der Waals surface area contributed by atoms with Gasteiger partial charge in [-0.3, -0.25) is 14.4 Å². The lowest BCUT2D eigenvalue weighted by Gasteiger charge is -2.36. The van der Waals surface area contributed by atoms with Crippen LogP contribution in [-0.4, -0.2) is 59.9 Å². The molecule has 6 nitrogen and oxygen atoms in total. The van der Waals surface area contributed by atoms with Gasteiger partial charge < -0.3 is 14.5 Å². The lowest BCUT2D eigenvalue weighted by atomic mass is 9.98. The summed E-state index contributed by atoms with van der Waals surface area (Å²) in [4.78, 5) is 39.9. The normalized spacial score (nSPS) is 25.7. The van der Waals surface area contributed by atoms with Crippen LogP contribution in [0, 0.1) is 5.92 Å². The summed E-state index contributed by atoms with van der Waals surface area (Å²) in [6.45, 7) is 5.59. The maximum Gasteiger partial charge on any atom is 0.312 e. The van der Waals surface area contributed by atoms with Gasteiger partial charge in [0.25, 0.3) is 0 Å². The zero-order valence-corrected chi connectivity index (χ0v) is 13.5. The van der Waals surface area contributed by atoms with Crippen LogP contribution < -0.4 is 0 Å². The molecule has 2 atom stereocenters. The number of nitrogens with zero attached hydrogens (tertiary/aromatic N) is 2. The van der Waals surface area contributed by atoms with E-state index in [2.05, 4.69) is 0 Å². The molecule has 22 heavy (non-hydrogen) atoms. The van der Waals surface area contributed by atoms with E-state index in [0.717, 1.165) is 32.1 Å². The molecule has 2 fully saturated rings. The number of amides is 2. The molecule has 0 aliphatic carbocycles. The highest BCUT2D eigenvalue weighted by Crippen LogP contribution is 2.21. The fourth-order valence-electron chi connectivity index (χ4n) is 3.27. The lowest BCUT2D eigenvalue weighted by Crippen LogP contribution is -2.52. The molecule has 0 bridgehead atoms. The van der Waals surface area contributed by atoms with Gasteiger partial charge in [-0.05, 0) is 46.0 Å². The first-order chi connectivity index (χ1) is 10.5. The van der Waals surface area contributed by atoms with Gasteiger partial charge in [0.05, 0.1) is 12.5 Å². The van der Waals surface area contributed by atoms with Gasteiger partial charge in [-0.1, -0.05) is 0 Å². The molecular weight excluding hydrogens is 284 g/mol. The fourth-order valence-corrected chi connectivity index (χ4v) is 3.27. The third kappa shape index (κ3) is 3.78. The molecule has 0 saturated carbocycles. The number of carbonyl (C=O) groups is 3. The predicted molar refractivity (Wildman–Crippen MR) is 81.0 cm³/mol. The van der Waals surface area contributed by atoms with Crippen molar-refractivity contribution in [3.63, 3.8) is 0 Å². The monoisotopic (exact) mass is 310 g/mol. The summed E-state index contributed by atoms with van der Waals surface area (Å²) in [6.07, 6.45) is 4.46. The van der Waals surface area contributed by atoms with Crippen LogP contribution in [0.3, 0.4) is 0 Å². The summed E-state index contributed by atoms with van der Waals surface area (Å²) in [6, 6.07) is 0.121. The first-order valence-electron chi connectivity index (χ1n) is 8.31. The number of esters is 1. The van der Waals surface area contributed by atoms with Gasteiger partial charge in [-0.2, -0.15) is 0 Å². The summed E-state index contributed by atoms with van der Waals surface area (Å²) in [5, 5.41) is 0. The van der Waals surface area contributed by atoms with Gasteiger partial charge in [0.1, 0.15) is 0 Å². The molecule has 2 aliphatic heterocycles. The average molecular weight is 310 g/mol. The minimum absolute atomic E-state index is 0.121. The molecular formula is C16H26N2O4. The number of ether oxygens (including phenoxy) is 1. The van der Waals surface area contributed by atoms with E-state index in [1.807, 2.05) is 6.92 Å². The zero-order valence-electron chi connectivity index (χ0n) is 13.5. The maximum absolute atomic E-state index is 12.5. The van der Waals surface area contributed by atoms with Crippen LogP contribution in [0.15, 0.2) is 0 Å². The maximum atomic E-state index is 12.5. The SMILES string of the molecule is CCOC(=O)C1CCCN(C(=O)C(=O)N2CCCCC2C)C1. The van der Waals surface area contributed by atoms with Crippen LogP contribution >= 0.6 is 0 Å². The molecule has 0 radical (unpaired) electrons. The van der Waals surface area contributed by atoms with E-state index in [0.29, 0.717) is 26.2 Å². The van der Waals surface area contributed by atoms with Gasteiger partial charge >= 0.3 is 17.8 Å². The van der Waals surface area contributed by atoms with Crippen molar-refractivity contribution in [1.29, 1.82) is 0 Å². The summed E-state index contributed by atoms with van der Waals surface area (Å²) in [7, 11) is 0. The van der Waals surface area contributed by atoms with Crippen molar-refractivity contribution in [3.05, 3.63) is 0 Å². The number of hydrogen-bond donors (Lipinski definition) is 0. The van der Waals surface area contributed by atoms with Gasteiger partial charge in [0, 0.05) is 25.7 Å². The van der Waals surface area contributed by atoms with E-state index in [1.54, 1.807) is 11.8 Å². The molecule has 2 saturated heterocycles. The lowest BCUT2D eigenvalue weighted by molar-refractivity contribution is -0.158. The standard InChI is InChI=1S/C16H26N2O4/c1-3-22-16(21)13-8-6-9-17(11-13)14(19)15(20)18-10-5-4-7-12(18)2/h12-13H,3-11H2,1-2H3. The molecule has 0 spiro atoms. The molecule has 2 rings (SSSR count). The second-order valence-corrected chi connectivity index (χ2v) is 6.19. The molecule has 0 N–H and O–H groups in total. The molecule has 2 heterocycles. The number of piperidine rings is 2. The van der Waals surface area contributed by atoms with Crippen molar-refractivity contribution in [2.45, 2.75) is 52.0 Å². The minimum atomic E-state index is -0.470. The predicted octanol–water partition coefficient (Wildman–Crippen LogP) is 1.19. The first-order valence-corrected chi connectivity index (χ1v) is 8.31. The molecule has 0 aromatic heterocycles. The van der Waals surface area contributed by atoms with E-state index >= 15 is 0 Å². The van der Waals surface area contributed by atoms with E-state index in [-0.39, 0.29) is 17.9 Å². The Morgan fingerprint density at radius 1 is 1.05 bits per heavy atom. The molecule has 0 aromatic carbocycles. The molecule has 2 aliphatic rings. The molecule has 2 amide bonds. The van der Waals surface area contributed by atoms with Crippen LogP contribution in [0.1, 0.15) is 46.0 Å². The largest absolute Gasteiger partial charge is 0.466 e. The average Bonchev–Trinajstić information content (AvgIpc) is 2.54. The van der Waals surface area contributed by atoms with Crippen molar-refractivity contribution < 1.29 is 19.1 Å².